The highest BCUT2D eigenvalue weighted by Crippen LogP contribution is 2.35. The second-order valence-corrected chi connectivity index (χ2v) is 9.40. The van der Waals surface area contributed by atoms with Crippen LogP contribution in [0.25, 0.3) is 10.9 Å². The van der Waals surface area contributed by atoms with Crippen LogP contribution >= 0.6 is 11.6 Å². The zero-order chi connectivity index (χ0) is 27.7. The van der Waals surface area contributed by atoms with Gasteiger partial charge in [0.15, 0.2) is 5.78 Å². The van der Waals surface area contributed by atoms with Crippen LogP contribution in [-0.4, -0.2) is 60.2 Å². The summed E-state index contributed by atoms with van der Waals surface area (Å²) in [5.74, 6) is 1.47. The highest BCUT2D eigenvalue weighted by atomic mass is 35.5. The molecule has 0 bridgehead atoms. The lowest BCUT2D eigenvalue weighted by atomic mass is 9.95. The van der Waals surface area contributed by atoms with Gasteiger partial charge >= 0.3 is 0 Å². The van der Waals surface area contributed by atoms with Gasteiger partial charge < -0.3 is 29.6 Å². The van der Waals surface area contributed by atoms with Crippen molar-refractivity contribution in [1.82, 2.24) is 4.98 Å². The average molecular weight is 559 g/mol. The van der Waals surface area contributed by atoms with E-state index < -0.39 is 16.8 Å². The van der Waals surface area contributed by atoms with Crippen LogP contribution in [0.5, 0.6) is 17.2 Å². The zero-order valence-corrected chi connectivity index (χ0v) is 23.2. The summed E-state index contributed by atoms with van der Waals surface area (Å²) in [7, 11) is 1.86. The van der Waals surface area contributed by atoms with Crippen LogP contribution in [0.15, 0.2) is 71.8 Å². The first kappa shape index (κ1) is 29.0. The molecule has 0 aliphatic heterocycles. The highest BCUT2D eigenvalue weighted by Gasteiger charge is 2.28. The topological polar surface area (TPSA) is 110 Å². The normalized spacial score (nSPS) is 12.2. The molecule has 2 atom stereocenters. The van der Waals surface area contributed by atoms with Gasteiger partial charge in [0.25, 0.3) is 0 Å². The number of carbonyl (C=O) groups excluding carboxylic acids is 1. The molecule has 0 fully saturated rings. The largest absolute Gasteiger partial charge is 0.497 e. The number of rotatable bonds is 11. The van der Waals surface area contributed by atoms with Crippen molar-refractivity contribution in [3.05, 3.63) is 78.0 Å². The standard InChI is InChI=1S/C27H28N2O6S.CH3Cl/c1-33-18-8-9-21-23(16-28-24(21)15-18)27(31)26(22-6-4-5-7-25(22)35-11-10-30)29-17-12-19(34-2)14-20(13-17)36(3)32;1-2/h4-9,12-16,26,28-30H,10-11H2,1-3H3;1H3. The Bertz CT molecular complexity index is 1410. The number of ether oxygens (including phenoxy) is 3. The number of fused-ring (bicyclic) bond motifs is 1. The van der Waals surface area contributed by atoms with E-state index in [1.54, 1.807) is 62.0 Å². The molecule has 0 saturated heterocycles. The van der Waals surface area contributed by atoms with Crippen molar-refractivity contribution < 1.29 is 28.3 Å². The van der Waals surface area contributed by atoms with Crippen molar-refractivity contribution >= 4 is 44.8 Å². The molecule has 2 unspecified atom stereocenters. The number of methoxy groups -OCH3 is 2. The van der Waals surface area contributed by atoms with Crippen molar-refractivity contribution in [1.29, 1.82) is 0 Å². The van der Waals surface area contributed by atoms with Crippen molar-refractivity contribution in [2.24, 2.45) is 0 Å². The molecule has 0 aliphatic carbocycles. The minimum atomic E-state index is -1.26. The summed E-state index contributed by atoms with van der Waals surface area (Å²) in [5.41, 5.74) is 2.42. The van der Waals surface area contributed by atoms with Gasteiger partial charge in [0.1, 0.15) is 29.9 Å². The number of halogens is 1. The van der Waals surface area contributed by atoms with E-state index in [1.807, 2.05) is 18.2 Å². The van der Waals surface area contributed by atoms with E-state index in [2.05, 4.69) is 21.9 Å². The number of aliphatic hydroxyl groups excluding tert-OH is 1. The molecule has 1 heterocycles. The number of carbonyl (C=O) groups is 1. The van der Waals surface area contributed by atoms with Gasteiger partial charge in [0.05, 0.1) is 20.8 Å². The number of alkyl halides is 1. The van der Waals surface area contributed by atoms with Crippen molar-refractivity contribution in [3.8, 4) is 17.2 Å². The molecule has 202 valence electrons. The molecule has 0 spiro atoms. The third kappa shape index (κ3) is 6.66. The Morgan fingerprint density at radius 1 is 1.05 bits per heavy atom. The van der Waals surface area contributed by atoms with E-state index in [1.165, 1.54) is 13.5 Å². The SMILES string of the molecule is CCl.COc1cc(NC(C(=O)c2c[nH]c3cc(OC)ccc23)c2ccccc2OCCO)cc(S(C)=O)c1. The van der Waals surface area contributed by atoms with Crippen LogP contribution in [0.4, 0.5) is 5.69 Å². The van der Waals surface area contributed by atoms with Gasteiger partial charge in [-0.3, -0.25) is 9.00 Å². The highest BCUT2D eigenvalue weighted by molar-refractivity contribution is 7.84. The number of hydrogen-bond acceptors (Lipinski definition) is 7. The van der Waals surface area contributed by atoms with Gasteiger partial charge in [-0.15, -0.1) is 11.6 Å². The molecule has 4 aromatic rings. The van der Waals surface area contributed by atoms with E-state index in [4.69, 9.17) is 14.2 Å². The molecule has 4 rings (SSSR count). The number of benzene rings is 3. The second-order valence-electron chi connectivity index (χ2n) is 8.02. The van der Waals surface area contributed by atoms with E-state index in [0.29, 0.717) is 39.0 Å². The van der Waals surface area contributed by atoms with Crippen LogP contribution in [0.2, 0.25) is 0 Å². The Balaban J connectivity index is 0.00000195. The van der Waals surface area contributed by atoms with Crippen LogP contribution in [0.1, 0.15) is 22.0 Å². The van der Waals surface area contributed by atoms with Gasteiger partial charge in [-0.25, -0.2) is 0 Å². The third-order valence-electron chi connectivity index (χ3n) is 5.75. The molecule has 0 radical (unpaired) electrons. The lowest BCUT2D eigenvalue weighted by Crippen LogP contribution is -2.22. The first-order valence-corrected chi connectivity index (χ1v) is 13.9. The number of anilines is 1. The maximum atomic E-state index is 14.1. The zero-order valence-electron chi connectivity index (χ0n) is 21.6. The number of Topliss-reactive ketones (excluding diaryl/α,β-unsaturated/α-hetero) is 1. The second kappa shape index (κ2) is 13.9. The van der Waals surface area contributed by atoms with Gasteiger partial charge in [-0.05, 0) is 30.3 Å². The van der Waals surface area contributed by atoms with E-state index in [9.17, 15) is 14.1 Å². The summed E-state index contributed by atoms with van der Waals surface area (Å²) in [6, 6.07) is 17.0. The molecule has 1 aromatic heterocycles. The molecule has 38 heavy (non-hydrogen) atoms. The van der Waals surface area contributed by atoms with Gasteiger partial charge in [-0.1, -0.05) is 18.2 Å². The Hall–Kier alpha value is -3.53. The number of para-hydroxylation sites is 1. The number of aromatic nitrogens is 1. The van der Waals surface area contributed by atoms with E-state index in [0.717, 1.165) is 10.9 Å². The fraction of sp³-hybridized carbons (Fsp3) is 0.250. The lowest BCUT2D eigenvalue weighted by molar-refractivity contribution is 0.0969. The number of hydrogen-bond donors (Lipinski definition) is 3. The fourth-order valence-corrected chi connectivity index (χ4v) is 4.56. The van der Waals surface area contributed by atoms with Gasteiger partial charge in [-0.2, -0.15) is 0 Å². The number of nitrogens with one attached hydrogen (secondary N) is 2. The summed E-state index contributed by atoms with van der Waals surface area (Å²) < 4.78 is 28.7. The molecule has 3 aromatic carbocycles. The van der Waals surface area contributed by atoms with Crippen molar-refractivity contribution in [3.63, 3.8) is 0 Å². The summed E-state index contributed by atoms with van der Waals surface area (Å²) >= 11 is 4.64. The van der Waals surface area contributed by atoms with Gasteiger partial charge in [0.2, 0.25) is 0 Å². The monoisotopic (exact) mass is 558 g/mol. The molecule has 0 saturated carbocycles. The quantitative estimate of drug-likeness (QED) is 0.172. The fourth-order valence-electron chi connectivity index (χ4n) is 3.99. The molecule has 8 nitrogen and oxygen atoms in total. The molecule has 3 N–H and O–H groups in total. The van der Waals surface area contributed by atoms with E-state index in [-0.39, 0.29) is 19.0 Å². The molecular formula is C28H31ClN2O6S. The van der Waals surface area contributed by atoms with Crippen molar-refractivity contribution in [2.45, 2.75) is 10.9 Å². The smallest absolute Gasteiger partial charge is 0.191 e. The van der Waals surface area contributed by atoms with Crippen LogP contribution in [0, 0.1) is 0 Å². The minimum Gasteiger partial charge on any atom is -0.497 e. The number of aromatic amines is 1. The number of H-pyrrole nitrogens is 1. The summed E-state index contributed by atoms with van der Waals surface area (Å²) in [6.07, 6.45) is 4.73. The predicted octanol–water partition coefficient (Wildman–Crippen LogP) is 5.18. The molecule has 0 amide bonds. The first-order valence-electron chi connectivity index (χ1n) is 11.6. The van der Waals surface area contributed by atoms with Crippen LogP contribution in [0.3, 0.4) is 0 Å². The van der Waals surface area contributed by atoms with E-state index >= 15 is 0 Å². The Kier molecular flexibility index (Phi) is 10.6. The summed E-state index contributed by atoms with van der Waals surface area (Å²) in [6.45, 7) is -0.0743. The average Bonchev–Trinajstić information content (AvgIpc) is 3.38. The Morgan fingerprint density at radius 3 is 2.47 bits per heavy atom. The maximum absolute atomic E-state index is 14.1. The maximum Gasteiger partial charge on any atom is 0.191 e. The molecule has 10 heteroatoms. The molecular weight excluding hydrogens is 528 g/mol. The van der Waals surface area contributed by atoms with Crippen molar-refractivity contribution in [2.75, 3.05) is 45.4 Å². The number of ketones is 1. The van der Waals surface area contributed by atoms with Crippen LogP contribution in [-0.2, 0) is 10.8 Å². The third-order valence-corrected chi connectivity index (χ3v) is 6.65. The number of aliphatic hydroxyl groups is 1. The minimum absolute atomic E-state index is 0.0862. The van der Waals surface area contributed by atoms with Crippen LogP contribution < -0.4 is 19.5 Å². The Morgan fingerprint density at radius 2 is 1.79 bits per heavy atom. The first-order chi connectivity index (χ1) is 18.4. The summed E-state index contributed by atoms with van der Waals surface area (Å²) in [5, 5.41) is 13.4. The summed E-state index contributed by atoms with van der Waals surface area (Å²) in [4.78, 5) is 17.8. The predicted molar refractivity (Wildman–Crippen MR) is 152 cm³/mol. The molecule has 0 aliphatic rings. The van der Waals surface area contributed by atoms with Gasteiger partial charge in [0, 0.05) is 74.4 Å². The Labute approximate surface area is 229 Å². The lowest BCUT2D eigenvalue weighted by Gasteiger charge is -2.22.